The van der Waals surface area contributed by atoms with Crippen LogP contribution in [0.25, 0.3) is 0 Å². The highest BCUT2D eigenvalue weighted by Crippen LogP contribution is 2.20. The molecule has 0 aromatic heterocycles. The summed E-state index contributed by atoms with van der Waals surface area (Å²) in [6, 6.07) is 8.73. The molecule has 0 heterocycles. The van der Waals surface area contributed by atoms with Gasteiger partial charge in [-0.05, 0) is 42.5 Å². The summed E-state index contributed by atoms with van der Waals surface area (Å²) in [5.41, 5.74) is 0.564. The second-order valence-corrected chi connectivity index (χ2v) is 4.49. The van der Waals surface area contributed by atoms with E-state index in [1.807, 2.05) is 0 Å². The first-order chi connectivity index (χ1) is 9.95. The van der Waals surface area contributed by atoms with Crippen molar-refractivity contribution in [2.75, 3.05) is 10.6 Å². The van der Waals surface area contributed by atoms with E-state index in [2.05, 4.69) is 10.6 Å². The molecule has 5 nitrogen and oxygen atoms in total. The van der Waals surface area contributed by atoms with Crippen molar-refractivity contribution < 1.29 is 19.1 Å². The number of carboxylic acids is 1. The molecule has 0 fully saturated rings. The number of hydrogen-bond donors (Lipinski definition) is 3. The van der Waals surface area contributed by atoms with E-state index in [4.69, 9.17) is 16.7 Å². The molecule has 0 spiro atoms. The van der Waals surface area contributed by atoms with Crippen LogP contribution in [0.1, 0.15) is 10.4 Å². The number of urea groups is 1. The summed E-state index contributed by atoms with van der Waals surface area (Å²) < 4.78 is 12.7. The Morgan fingerprint density at radius 1 is 1.00 bits per heavy atom. The lowest BCUT2D eigenvalue weighted by Crippen LogP contribution is -2.19. The molecule has 108 valence electrons. The van der Waals surface area contributed by atoms with Crippen LogP contribution < -0.4 is 10.6 Å². The summed E-state index contributed by atoms with van der Waals surface area (Å²) in [5.74, 6) is -1.60. The summed E-state index contributed by atoms with van der Waals surface area (Å²) in [5, 5.41) is 14.0. The van der Waals surface area contributed by atoms with Crippen LogP contribution >= 0.6 is 11.6 Å². The summed E-state index contributed by atoms with van der Waals surface area (Å²) in [7, 11) is 0. The van der Waals surface area contributed by atoms with Gasteiger partial charge in [0.25, 0.3) is 0 Å². The zero-order valence-electron chi connectivity index (χ0n) is 10.6. The van der Waals surface area contributed by atoms with Gasteiger partial charge in [-0.15, -0.1) is 0 Å². The van der Waals surface area contributed by atoms with Crippen LogP contribution in [0.5, 0.6) is 0 Å². The second-order valence-electron chi connectivity index (χ2n) is 4.09. The molecule has 0 unspecified atom stereocenters. The molecular weight excluding hydrogens is 299 g/mol. The average molecular weight is 309 g/mol. The van der Waals surface area contributed by atoms with Gasteiger partial charge in [0.15, 0.2) is 0 Å². The molecule has 7 heteroatoms. The highest BCUT2D eigenvalue weighted by Gasteiger charge is 2.11. The molecule has 0 bridgehead atoms. The number of amides is 2. The number of hydrogen-bond acceptors (Lipinski definition) is 2. The van der Waals surface area contributed by atoms with Crippen LogP contribution in [-0.2, 0) is 0 Å². The minimum Gasteiger partial charge on any atom is -0.478 e. The lowest BCUT2D eigenvalue weighted by atomic mass is 10.2. The standard InChI is InChI=1S/C14H10ClFN2O3/c15-12-6-5-10(7-11(12)13(19)20)18-14(21)17-9-3-1-8(16)2-4-9/h1-7H,(H,19,20)(H2,17,18,21). The van der Waals surface area contributed by atoms with E-state index < -0.39 is 17.8 Å². The van der Waals surface area contributed by atoms with Crippen molar-refractivity contribution >= 4 is 35.0 Å². The first-order valence-electron chi connectivity index (χ1n) is 5.82. The van der Waals surface area contributed by atoms with E-state index in [0.29, 0.717) is 5.69 Å². The number of halogens is 2. The fourth-order valence-corrected chi connectivity index (χ4v) is 1.79. The number of anilines is 2. The number of rotatable bonds is 3. The Morgan fingerprint density at radius 2 is 1.57 bits per heavy atom. The van der Waals surface area contributed by atoms with E-state index in [9.17, 15) is 14.0 Å². The van der Waals surface area contributed by atoms with Crippen LogP contribution in [0.4, 0.5) is 20.6 Å². The topological polar surface area (TPSA) is 78.4 Å². The largest absolute Gasteiger partial charge is 0.478 e. The number of benzene rings is 2. The van der Waals surface area contributed by atoms with E-state index in [1.165, 1.54) is 42.5 Å². The van der Waals surface area contributed by atoms with Gasteiger partial charge in [0.2, 0.25) is 0 Å². The normalized spacial score (nSPS) is 10.0. The molecule has 2 amide bonds. The molecule has 0 saturated carbocycles. The molecule has 3 N–H and O–H groups in total. The molecule has 0 saturated heterocycles. The Balaban J connectivity index is 2.07. The van der Waals surface area contributed by atoms with Crippen molar-refractivity contribution in [2.24, 2.45) is 0 Å². The third kappa shape index (κ3) is 3.93. The van der Waals surface area contributed by atoms with Gasteiger partial charge < -0.3 is 15.7 Å². The van der Waals surface area contributed by atoms with Gasteiger partial charge in [0, 0.05) is 11.4 Å². The maximum Gasteiger partial charge on any atom is 0.337 e. The first kappa shape index (κ1) is 14.8. The maximum atomic E-state index is 12.7. The lowest BCUT2D eigenvalue weighted by Gasteiger charge is -2.09. The quantitative estimate of drug-likeness (QED) is 0.806. The van der Waals surface area contributed by atoms with Crippen LogP contribution in [-0.4, -0.2) is 17.1 Å². The third-order valence-electron chi connectivity index (χ3n) is 2.56. The predicted octanol–water partition coefficient (Wildman–Crippen LogP) is 3.82. The summed E-state index contributed by atoms with van der Waals surface area (Å²) in [4.78, 5) is 22.7. The zero-order valence-corrected chi connectivity index (χ0v) is 11.3. The zero-order chi connectivity index (χ0) is 15.4. The number of carbonyl (C=O) groups excluding carboxylic acids is 1. The van der Waals surface area contributed by atoms with Gasteiger partial charge in [0.1, 0.15) is 5.82 Å². The Bertz CT molecular complexity index is 689. The molecule has 0 atom stereocenters. The Morgan fingerprint density at radius 3 is 2.19 bits per heavy atom. The molecule has 0 aliphatic carbocycles. The van der Waals surface area contributed by atoms with Crippen molar-refractivity contribution in [2.45, 2.75) is 0 Å². The predicted molar refractivity (Wildman–Crippen MR) is 77.5 cm³/mol. The summed E-state index contributed by atoms with van der Waals surface area (Å²) >= 11 is 5.73. The SMILES string of the molecule is O=C(Nc1ccc(F)cc1)Nc1ccc(Cl)c(C(=O)O)c1. The minimum absolute atomic E-state index is 0.0759. The smallest absolute Gasteiger partial charge is 0.337 e. The average Bonchev–Trinajstić information content (AvgIpc) is 2.43. The maximum absolute atomic E-state index is 12.7. The van der Waals surface area contributed by atoms with Crippen LogP contribution in [0.3, 0.4) is 0 Å². The molecule has 0 aliphatic rings. The van der Waals surface area contributed by atoms with Gasteiger partial charge in [-0.2, -0.15) is 0 Å². The Hall–Kier alpha value is -2.60. The van der Waals surface area contributed by atoms with E-state index in [0.717, 1.165) is 0 Å². The van der Waals surface area contributed by atoms with Gasteiger partial charge >= 0.3 is 12.0 Å². The van der Waals surface area contributed by atoms with Crippen molar-refractivity contribution in [3.8, 4) is 0 Å². The monoisotopic (exact) mass is 308 g/mol. The Kier molecular flexibility index (Phi) is 4.39. The molecule has 2 aromatic carbocycles. The van der Waals surface area contributed by atoms with Gasteiger partial charge in [-0.1, -0.05) is 11.6 Å². The highest BCUT2D eigenvalue weighted by atomic mass is 35.5. The number of carboxylic acid groups (broad SMARTS) is 1. The first-order valence-corrected chi connectivity index (χ1v) is 6.20. The highest BCUT2D eigenvalue weighted by molar-refractivity contribution is 6.33. The fraction of sp³-hybridized carbons (Fsp3) is 0. The molecular formula is C14H10ClFN2O3. The lowest BCUT2D eigenvalue weighted by molar-refractivity contribution is 0.0697. The Labute approximate surface area is 124 Å². The van der Waals surface area contributed by atoms with Gasteiger partial charge in [0.05, 0.1) is 10.6 Å². The molecule has 2 aromatic rings. The van der Waals surface area contributed by atoms with Gasteiger partial charge in [-0.25, -0.2) is 14.0 Å². The summed E-state index contributed by atoms with van der Waals surface area (Å²) in [6.07, 6.45) is 0. The van der Waals surface area contributed by atoms with Crippen molar-refractivity contribution in [3.05, 3.63) is 58.9 Å². The summed E-state index contributed by atoms with van der Waals surface area (Å²) in [6.45, 7) is 0. The molecule has 2 rings (SSSR count). The van der Waals surface area contributed by atoms with E-state index in [-0.39, 0.29) is 16.3 Å². The number of aromatic carboxylic acids is 1. The fourth-order valence-electron chi connectivity index (χ4n) is 1.59. The second kappa shape index (κ2) is 6.23. The van der Waals surface area contributed by atoms with Crippen LogP contribution in [0.15, 0.2) is 42.5 Å². The molecule has 0 aliphatic heterocycles. The number of nitrogens with one attached hydrogen (secondary N) is 2. The minimum atomic E-state index is -1.19. The van der Waals surface area contributed by atoms with Crippen molar-refractivity contribution in [1.29, 1.82) is 0 Å². The van der Waals surface area contributed by atoms with Crippen LogP contribution in [0, 0.1) is 5.82 Å². The van der Waals surface area contributed by atoms with E-state index >= 15 is 0 Å². The number of carbonyl (C=O) groups is 2. The van der Waals surface area contributed by atoms with Crippen molar-refractivity contribution in [3.63, 3.8) is 0 Å². The molecule has 0 radical (unpaired) electrons. The van der Waals surface area contributed by atoms with Crippen molar-refractivity contribution in [1.82, 2.24) is 0 Å². The van der Waals surface area contributed by atoms with Crippen LogP contribution in [0.2, 0.25) is 5.02 Å². The molecule has 21 heavy (non-hydrogen) atoms. The third-order valence-corrected chi connectivity index (χ3v) is 2.89. The van der Waals surface area contributed by atoms with E-state index in [1.54, 1.807) is 0 Å². The van der Waals surface area contributed by atoms with Gasteiger partial charge in [-0.3, -0.25) is 0 Å².